The minimum Gasteiger partial charge on any atom is -0.506 e. The lowest BCUT2D eigenvalue weighted by Gasteiger charge is -2.14. The number of halogens is 2. The van der Waals surface area contributed by atoms with Crippen molar-refractivity contribution in [3.63, 3.8) is 0 Å². The Hall–Kier alpha value is -4.39. The molecule has 0 bridgehead atoms. The molecule has 0 aliphatic carbocycles. The van der Waals surface area contributed by atoms with Crippen molar-refractivity contribution in [2.75, 3.05) is 32.0 Å². The number of hydrogen-bond acceptors (Lipinski definition) is 10. The number of esters is 1. The first-order chi connectivity index (χ1) is 19.1. The highest BCUT2D eigenvalue weighted by molar-refractivity contribution is 7.18. The second kappa shape index (κ2) is 12.2. The maximum Gasteiger partial charge on any atom is 0.340 e. The number of phenolic OH excluding ortho intramolecular Hbond substituents is 1. The van der Waals surface area contributed by atoms with E-state index < -0.39 is 17.8 Å². The quantitative estimate of drug-likeness (QED) is 0.221. The molecule has 40 heavy (non-hydrogen) atoms. The maximum absolute atomic E-state index is 12.9. The van der Waals surface area contributed by atoms with Crippen LogP contribution in [0.4, 0.5) is 10.8 Å². The SMILES string of the molecule is COC(=O)c1cc(OC)c(OC)cc1NC(=O)c1ccc(C(=O)Nc2nnc(-c3cc(Cl)cc(Cl)c3O)s2)cc1. The second-order valence-corrected chi connectivity index (χ2v) is 9.75. The van der Waals surface area contributed by atoms with Crippen molar-refractivity contribution < 1.29 is 33.7 Å². The van der Waals surface area contributed by atoms with Crippen LogP contribution in [0.3, 0.4) is 0 Å². The number of phenols is 1. The summed E-state index contributed by atoms with van der Waals surface area (Å²) in [6, 6.07) is 11.5. The van der Waals surface area contributed by atoms with Gasteiger partial charge in [0.15, 0.2) is 16.5 Å². The molecule has 11 nitrogen and oxygen atoms in total. The van der Waals surface area contributed by atoms with E-state index in [-0.39, 0.29) is 49.6 Å². The summed E-state index contributed by atoms with van der Waals surface area (Å²) in [4.78, 5) is 37.9. The number of carbonyl (C=O) groups is 3. The average molecular weight is 603 g/mol. The van der Waals surface area contributed by atoms with Crippen LogP contribution in [0.5, 0.6) is 17.2 Å². The molecule has 14 heteroatoms. The Morgan fingerprint density at radius 3 is 2.05 bits per heavy atom. The Morgan fingerprint density at radius 1 is 0.850 bits per heavy atom. The normalized spacial score (nSPS) is 10.5. The molecule has 3 aromatic carbocycles. The van der Waals surface area contributed by atoms with Gasteiger partial charge in [0.1, 0.15) is 5.75 Å². The van der Waals surface area contributed by atoms with Crippen LogP contribution in [-0.2, 0) is 4.74 Å². The van der Waals surface area contributed by atoms with Gasteiger partial charge in [-0.3, -0.25) is 14.9 Å². The molecule has 0 atom stereocenters. The number of aromatic hydroxyl groups is 1. The number of benzene rings is 3. The third kappa shape index (κ3) is 6.09. The van der Waals surface area contributed by atoms with E-state index in [1.807, 2.05) is 0 Å². The third-order valence-corrected chi connectivity index (χ3v) is 6.87. The molecule has 0 aliphatic rings. The van der Waals surface area contributed by atoms with Crippen molar-refractivity contribution in [3.05, 3.63) is 75.3 Å². The van der Waals surface area contributed by atoms with E-state index in [0.717, 1.165) is 11.3 Å². The van der Waals surface area contributed by atoms with Crippen LogP contribution >= 0.6 is 34.5 Å². The van der Waals surface area contributed by atoms with Gasteiger partial charge in [-0.1, -0.05) is 34.5 Å². The van der Waals surface area contributed by atoms with Crippen LogP contribution in [0.15, 0.2) is 48.5 Å². The predicted octanol–water partition coefficient (Wildman–Crippen LogP) is 5.53. The highest BCUT2D eigenvalue weighted by Crippen LogP contribution is 2.40. The summed E-state index contributed by atoms with van der Waals surface area (Å²) in [5.41, 5.74) is 0.942. The molecule has 1 aromatic heterocycles. The van der Waals surface area contributed by atoms with Gasteiger partial charge in [0.2, 0.25) is 5.13 Å². The fourth-order valence-electron chi connectivity index (χ4n) is 3.51. The fourth-order valence-corrected chi connectivity index (χ4v) is 4.76. The molecule has 206 valence electrons. The first-order valence-corrected chi connectivity index (χ1v) is 12.8. The number of anilines is 2. The monoisotopic (exact) mass is 602 g/mol. The van der Waals surface area contributed by atoms with E-state index >= 15 is 0 Å². The predicted molar refractivity (Wildman–Crippen MR) is 150 cm³/mol. The molecule has 0 unspecified atom stereocenters. The van der Waals surface area contributed by atoms with Crippen molar-refractivity contribution in [2.45, 2.75) is 0 Å². The lowest BCUT2D eigenvalue weighted by Crippen LogP contribution is -2.16. The van der Waals surface area contributed by atoms with Gasteiger partial charge in [-0.15, -0.1) is 10.2 Å². The smallest absolute Gasteiger partial charge is 0.340 e. The Labute approximate surface area is 241 Å². The lowest BCUT2D eigenvalue weighted by molar-refractivity contribution is 0.0601. The van der Waals surface area contributed by atoms with Crippen LogP contribution in [-0.4, -0.2) is 54.4 Å². The van der Waals surface area contributed by atoms with Gasteiger partial charge in [-0.2, -0.15) is 0 Å². The van der Waals surface area contributed by atoms with E-state index in [1.165, 1.54) is 69.9 Å². The molecular weight excluding hydrogens is 583 g/mol. The lowest BCUT2D eigenvalue weighted by atomic mass is 10.1. The minimum absolute atomic E-state index is 0.0556. The van der Waals surface area contributed by atoms with Gasteiger partial charge in [0.05, 0.1) is 43.2 Å². The minimum atomic E-state index is -0.684. The number of aromatic nitrogens is 2. The first-order valence-electron chi connectivity index (χ1n) is 11.2. The van der Waals surface area contributed by atoms with Gasteiger partial charge < -0.3 is 24.6 Å². The molecule has 0 spiro atoms. The first kappa shape index (κ1) is 28.6. The third-order valence-electron chi connectivity index (χ3n) is 5.49. The summed E-state index contributed by atoms with van der Waals surface area (Å²) in [6.45, 7) is 0. The van der Waals surface area contributed by atoms with Gasteiger partial charge in [0.25, 0.3) is 11.8 Å². The van der Waals surface area contributed by atoms with Gasteiger partial charge in [0, 0.05) is 28.3 Å². The summed E-state index contributed by atoms with van der Waals surface area (Å²) in [5.74, 6) is -1.36. The van der Waals surface area contributed by atoms with Crippen molar-refractivity contribution in [3.8, 4) is 27.8 Å². The van der Waals surface area contributed by atoms with E-state index in [9.17, 15) is 19.5 Å². The molecule has 1 heterocycles. The molecule has 3 N–H and O–H groups in total. The standard InChI is InChI=1S/C26H20Cl2N4O7S/c1-37-19-10-15(25(36)39-3)18(11-20(19)38-2)29-22(34)12-4-6-13(7-5-12)23(35)30-26-32-31-24(40-26)16-8-14(27)9-17(28)21(16)33/h4-11,33H,1-3H3,(H,29,34)(H,30,32,35). The molecular formula is C26H20Cl2N4O7S. The number of nitrogens with one attached hydrogen (secondary N) is 2. The van der Waals surface area contributed by atoms with Crippen LogP contribution < -0.4 is 20.1 Å². The molecule has 0 fully saturated rings. The van der Waals surface area contributed by atoms with Crippen molar-refractivity contribution in [1.29, 1.82) is 0 Å². The maximum atomic E-state index is 12.9. The number of methoxy groups -OCH3 is 3. The summed E-state index contributed by atoms with van der Waals surface area (Å²) in [6.07, 6.45) is 0. The second-order valence-electron chi connectivity index (χ2n) is 7.93. The highest BCUT2D eigenvalue weighted by atomic mass is 35.5. The van der Waals surface area contributed by atoms with Gasteiger partial charge in [-0.05, 0) is 36.4 Å². The van der Waals surface area contributed by atoms with Crippen molar-refractivity contribution in [2.24, 2.45) is 0 Å². The Morgan fingerprint density at radius 2 is 1.45 bits per heavy atom. The zero-order valence-electron chi connectivity index (χ0n) is 21.1. The summed E-state index contributed by atoms with van der Waals surface area (Å²) < 4.78 is 15.3. The van der Waals surface area contributed by atoms with Crippen LogP contribution in [0.25, 0.3) is 10.6 Å². The number of amides is 2. The van der Waals surface area contributed by atoms with E-state index in [1.54, 1.807) is 0 Å². The molecule has 0 saturated carbocycles. The molecule has 2 amide bonds. The molecule has 0 aliphatic heterocycles. The molecule has 4 aromatic rings. The van der Waals surface area contributed by atoms with Gasteiger partial charge >= 0.3 is 5.97 Å². The highest BCUT2D eigenvalue weighted by Gasteiger charge is 2.20. The largest absolute Gasteiger partial charge is 0.506 e. The van der Waals surface area contributed by atoms with E-state index in [0.29, 0.717) is 15.8 Å². The summed E-state index contributed by atoms with van der Waals surface area (Å²) >= 11 is 13.0. The molecule has 0 saturated heterocycles. The number of nitrogens with zero attached hydrogens (tertiary/aromatic N) is 2. The number of hydrogen-bond donors (Lipinski definition) is 3. The zero-order chi connectivity index (χ0) is 29.0. The molecule has 0 radical (unpaired) electrons. The van der Waals surface area contributed by atoms with Crippen molar-refractivity contribution >= 4 is 63.1 Å². The average Bonchev–Trinajstić information content (AvgIpc) is 3.42. The molecule has 4 rings (SSSR count). The van der Waals surface area contributed by atoms with Crippen LogP contribution in [0.1, 0.15) is 31.1 Å². The van der Waals surface area contributed by atoms with E-state index in [4.69, 9.17) is 37.4 Å². The Bertz CT molecular complexity index is 1610. The summed E-state index contributed by atoms with van der Waals surface area (Å²) in [5, 5.41) is 24.2. The Kier molecular flexibility index (Phi) is 8.73. The fraction of sp³-hybridized carbons (Fsp3) is 0.115. The van der Waals surface area contributed by atoms with Crippen LogP contribution in [0, 0.1) is 0 Å². The number of rotatable bonds is 8. The van der Waals surface area contributed by atoms with Crippen LogP contribution in [0.2, 0.25) is 10.0 Å². The Balaban J connectivity index is 1.48. The summed E-state index contributed by atoms with van der Waals surface area (Å²) in [7, 11) is 4.05. The van der Waals surface area contributed by atoms with E-state index in [2.05, 4.69) is 20.8 Å². The zero-order valence-corrected chi connectivity index (χ0v) is 23.4. The van der Waals surface area contributed by atoms with Gasteiger partial charge in [-0.25, -0.2) is 4.79 Å². The van der Waals surface area contributed by atoms with Crippen molar-refractivity contribution in [1.82, 2.24) is 10.2 Å². The topological polar surface area (TPSA) is 149 Å². The number of ether oxygens (including phenoxy) is 3. The number of carbonyl (C=O) groups excluding carboxylic acids is 3.